The molecule has 154 valence electrons. The van der Waals surface area contributed by atoms with E-state index >= 15 is 0 Å². The maximum Gasteiger partial charge on any atom is 0.190 e. The molecule has 0 bridgehead atoms. The van der Waals surface area contributed by atoms with Crippen LogP contribution in [0.1, 0.15) is 31.4 Å². The zero-order valence-corrected chi connectivity index (χ0v) is 17.5. The Labute approximate surface area is 168 Å². The molecule has 0 amide bonds. The van der Waals surface area contributed by atoms with Gasteiger partial charge in [-0.1, -0.05) is 6.07 Å². The van der Waals surface area contributed by atoms with Crippen LogP contribution in [0, 0.1) is 6.92 Å². The highest BCUT2D eigenvalue weighted by Gasteiger charge is 2.06. The van der Waals surface area contributed by atoms with E-state index in [0.717, 1.165) is 49.9 Å². The maximum atomic E-state index is 5.69. The van der Waals surface area contributed by atoms with E-state index in [2.05, 4.69) is 46.0 Å². The summed E-state index contributed by atoms with van der Waals surface area (Å²) in [5, 5.41) is 11.0. The summed E-state index contributed by atoms with van der Waals surface area (Å²) in [4.78, 5) is 4.28. The molecule has 2 aromatic rings. The van der Waals surface area contributed by atoms with Gasteiger partial charge in [0.1, 0.15) is 0 Å². The molecule has 0 spiro atoms. The summed E-state index contributed by atoms with van der Waals surface area (Å²) >= 11 is 0. The number of aliphatic imine (C=N–C) groups is 1. The van der Waals surface area contributed by atoms with Crippen molar-refractivity contribution >= 4 is 5.96 Å². The van der Waals surface area contributed by atoms with Crippen LogP contribution in [0.5, 0.6) is 11.5 Å². The van der Waals surface area contributed by atoms with E-state index < -0.39 is 0 Å². The molecule has 28 heavy (non-hydrogen) atoms. The van der Waals surface area contributed by atoms with Crippen molar-refractivity contribution in [3.8, 4) is 11.5 Å². The molecule has 0 atom stereocenters. The van der Waals surface area contributed by atoms with Crippen LogP contribution < -0.4 is 20.1 Å². The summed E-state index contributed by atoms with van der Waals surface area (Å²) in [5.74, 6) is 2.41. The van der Waals surface area contributed by atoms with Gasteiger partial charge in [-0.2, -0.15) is 5.10 Å². The monoisotopic (exact) mass is 387 g/mol. The number of guanidine groups is 1. The second-order valence-electron chi connectivity index (χ2n) is 6.46. The second kappa shape index (κ2) is 11.9. The van der Waals surface area contributed by atoms with Gasteiger partial charge in [-0.05, 0) is 56.9 Å². The number of hydrogen-bond donors (Lipinski definition) is 2. The van der Waals surface area contributed by atoms with Crippen LogP contribution in [0.3, 0.4) is 0 Å². The Balaban J connectivity index is 1.73. The van der Waals surface area contributed by atoms with E-state index in [1.807, 2.05) is 30.8 Å². The van der Waals surface area contributed by atoms with Gasteiger partial charge >= 0.3 is 0 Å². The minimum atomic E-state index is 0.621. The van der Waals surface area contributed by atoms with Gasteiger partial charge in [0, 0.05) is 32.9 Å². The van der Waals surface area contributed by atoms with E-state index in [0.29, 0.717) is 13.2 Å². The van der Waals surface area contributed by atoms with Crippen LogP contribution >= 0.6 is 0 Å². The number of benzene rings is 1. The molecule has 0 fully saturated rings. The number of aryl methyl sites for hydroxylation is 2. The van der Waals surface area contributed by atoms with Crippen molar-refractivity contribution in [2.45, 2.75) is 40.2 Å². The Bertz CT molecular complexity index is 742. The number of aromatic nitrogens is 2. The first-order chi connectivity index (χ1) is 13.7. The number of nitrogens with zero attached hydrogens (tertiary/aromatic N) is 3. The number of nitrogens with one attached hydrogen (secondary N) is 2. The smallest absolute Gasteiger partial charge is 0.190 e. The highest BCUT2D eigenvalue weighted by atomic mass is 16.5. The van der Waals surface area contributed by atoms with Crippen molar-refractivity contribution in [3.63, 3.8) is 0 Å². The van der Waals surface area contributed by atoms with Crippen molar-refractivity contribution in [1.29, 1.82) is 0 Å². The highest BCUT2D eigenvalue weighted by molar-refractivity contribution is 5.79. The molecule has 2 N–H and O–H groups in total. The Kier molecular flexibility index (Phi) is 9.18. The van der Waals surface area contributed by atoms with Gasteiger partial charge < -0.3 is 20.1 Å². The molecule has 0 aliphatic carbocycles. The molecule has 0 radical (unpaired) electrons. The van der Waals surface area contributed by atoms with Crippen molar-refractivity contribution in [2.24, 2.45) is 4.99 Å². The Hall–Kier alpha value is -2.70. The minimum absolute atomic E-state index is 0.621. The minimum Gasteiger partial charge on any atom is -0.490 e. The first-order valence-electron chi connectivity index (χ1n) is 9.98. The van der Waals surface area contributed by atoms with E-state index in [1.165, 1.54) is 11.1 Å². The van der Waals surface area contributed by atoms with Gasteiger partial charge in [0.15, 0.2) is 17.5 Å². The molecular formula is C21H33N5O2. The third-order valence-corrected chi connectivity index (χ3v) is 4.16. The lowest BCUT2D eigenvalue weighted by Crippen LogP contribution is -2.39. The Morgan fingerprint density at radius 2 is 1.86 bits per heavy atom. The average molecular weight is 388 g/mol. The lowest BCUT2D eigenvalue weighted by molar-refractivity contribution is 0.287. The summed E-state index contributed by atoms with van der Waals surface area (Å²) in [6.45, 7) is 9.78. The van der Waals surface area contributed by atoms with Gasteiger partial charge in [0.05, 0.1) is 19.4 Å². The molecule has 0 unspecified atom stereocenters. The Morgan fingerprint density at radius 3 is 2.54 bits per heavy atom. The van der Waals surface area contributed by atoms with Crippen LogP contribution in [-0.4, -0.2) is 49.1 Å². The predicted molar refractivity (Wildman–Crippen MR) is 113 cm³/mol. The zero-order chi connectivity index (χ0) is 20.2. The van der Waals surface area contributed by atoms with Crippen LogP contribution in [-0.2, 0) is 13.0 Å². The van der Waals surface area contributed by atoms with Gasteiger partial charge in [-0.25, -0.2) is 0 Å². The maximum absolute atomic E-state index is 5.69. The normalized spacial score (nSPS) is 11.4. The van der Waals surface area contributed by atoms with Crippen molar-refractivity contribution < 1.29 is 9.47 Å². The van der Waals surface area contributed by atoms with Gasteiger partial charge in [-0.3, -0.25) is 9.67 Å². The molecule has 7 nitrogen and oxygen atoms in total. The van der Waals surface area contributed by atoms with E-state index in [1.54, 1.807) is 7.05 Å². The van der Waals surface area contributed by atoms with Crippen LogP contribution in [0.2, 0.25) is 0 Å². The molecule has 2 rings (SSSR count). The summed E-state index contributed by atoms with van der Waals surface area (Å²) < 4.78 is 13.3. The lowest BCUT2D eigenvalue weighted by Gasteiger charge is -2.14. The quantitative estimate of drug-likeness (QED) is 0.352. The number of rotatable bonds is 11. The van der Waals surface area contributed by atoms with E-state index in [4.69, 9.17) is 9.47 Å². The summed E-state index contributed by atoms with van der Waals surface area (Å²) in [6.07, 6.45) is 5.80. The fourth-order valence-corrected chi connectivity index (χ4v) is 2.83. The predicted octanol–water partition coefficient (Wildman–Crippen LogP) is 2.79. The molecular weight excluding hydrogens is 354 g/mol. The Morgan fingerprint density at radius 1 is 1.11 bits per heavy atom. The third-order valence-electron chi connectivity index (χ3n) is 4.16. The van der Waals surface area contributed by atoms with Crippen LogP contribution in [0.4, 0.5) is 0 Å². The van der Waals surface area contributed by atoms with Crippen molar-refractivity contribution in [2.75, 3.05) is 33.4 Å². The molecule has 0 saturated heterocycles. The largest absolute Gasteiger partial charge is 0.490 e. The first kappa shape index (κ1) is 21.6. The summed E-state index contributed by atoms with van der Waals surface area (Å²) in [5.41, 5.74) is 2.39. The van der Waals surface area contributed by atoms with Crippen LogP contribution in [0.15, 0.2) is 35.6 Å². The number of ether oxygens (including phenoxy) is 2. The fraction of sp³-hybridized carbons (Fsp3) is 0.524. The average Bonchev–Trinajstić information content (AvgIpc) is 3.11. The van der Waals surface area contributed by atoms with Crippen molar-refractivity contribution in [3.05, 3.63) is 41.7 Å². The molecule has 0 saturated carbocycles. The van der Waals surface area contributed by atoms with Gasteiger partial charge in [0.25, 0.3) is 0 Å². The van der Waals surface area contributed by atoms with Crippen LogP contribution in [0.25, 0.3) is 0 Å². The standard InChI is InChI=1S/C21H33N5O2/c1-5-27-19-9-8-18(14-20(19)28-6-2)10-12-24-21(22-4)23-11-7-13-26-16-17(3)15-25-26/h8-9,14-16H,5-7,10-13H2,1-4H3,(H2,22,23,24). The fourth-order valence-electron chi connectivity index (χ4n) is 2.83. The van der Waals surface area contributed by atoms with Gasteiger partial charge in [-0.15, -0.1) is 0 Å². The third kappa shape index (κ3) is 7.13. The topological polar surface area (TPSA) is 72.7 Å². The SMILES string of the molecule is CCOc1ccc(CCNC(=NC)NCCCn2cc(C)cn2)cc1OCC. The number of hydrogen-bond acceptors (Lipinski definition) is 4. The molecule has 0 aliphatic heterocycles. The van der Waals surface area contributed by atoms with Crippen molar-refractivity contribution in [1.82, 2.24) is 20.4 Å². The first-order valence-corrected chi connectivity index (χ1v) is 9.98. The highest BCUT2D eigenvalue weighted by Crippen LogP contribution is 2.28. The summed E-state index contributed by atoms with van der Waals surface area (Å²) in [7, 11) is 1.79. The molecule has 1 aromatic carbocycles. The zero-order valence-electron chi connectivity index (χ0n) is 17.5. The molecule has 1 aromatic heterocycles. The van der Waals surface area contributed by atoms with Gasteiger partial charge in [0.2, 0.25) is 0 Å². The lowest BCUT2D eigenvalue weighted by atomic mass is 10.1. The molecule has 7 heteroatoms. The summed E-state index contributed by atoms with van der Waals surface area (Å²) in [6, 6.07) is 6.11. The molecule has 1 heterocycles. The second-order valence-corrected chi connectivity index (χ2v) is 6.46. The van der Waals surface area contributed by atoms with E-state index in [-0.39, 0.29) is 0 Å². The van der Waals surface area contributed by atoms with E-state index in [9.17, 15) is 0 Å². The molecule has 0 aliphatic rings.